The van der Waals surface area contributed by atoms with Gasteiger partial charge in [0.15, 0.2) is 0 Å². The van der Waals surface area contributed by atoms with Crippen molar-refractivity contribution in [2.24, 2.45) is 5.41 Å². The van der Waals surface area contributed by atoms with Gasteiger partial charge in [0.1, 0.15) is 0 Å². The van der Waals surface area contributed by atoms with Crippen molar-refractivity contribution in [3.8, 4) is 0 Å². The molecule has 1 amide bonds. The Morgan fingerprint density at radius 3 is 2.44 bits per heavy atom. The van der Waals surface area contributed by atoms with Crippen LogP contribution < -0.4 is 5.32 Å². The normalized spacial score (nSPS) is 11.8. The van der Waals surface area contributed by atoms with E-state index in [1.807, 2.05) is 12.1 Å². The van der Waals surface area contributed by atoms with Gasteiger partial charge in [0, 0.05) is 10.2 Å². The molecule has 86 valence electrons. The van der Waals surface area contributed by atoms with Crippen molar-refractivity contribution in [1.82, 2.24) is 0 Å². The highest BCUT2D eigenvalue weighted by molar-refractivity contribution is 9.10. The number of benzene rings is 1. The molecule has 0 aliphatic rings. The van der Waals surface area contributed by atoms with Crippen LogP contribution in [0.1, 0.15) is 13.8 Å². The minimum absolute atomic E-state index is 0.247. The summed E-state index contributed by atoms with van der Waals surface area (Å²) in [4.78, 5) is 11.8. The highest BCUT2D eigenvalue weighted by Gasteiger charge is 2.24. The summed E-state index contributed by atoms with van der Waals surface area (Å²) in [6.45, 7) is 3.30. The van der Waals surface area contributed by atoms with Gasteiger partial charge in [-0.3, -0.25) is 4.79 Å². The summed E-state index contributed by atoms with van der Waals surface area (Å²) < 4.78 is 13.0. The third-order valence-electron chi connectivity index (χ3n) is 2.17. The Morgan fingerprint density at radius 2 is 1.94 bits per heavy atom. The zero-order valence-corrected chi connectivity index (χ0v) is 10.7. The van der Waals surface area contributed by atoms with Crippen molar-refractivity contribution in [3.63, 3.8) is 0 Å². The monoisotopic (exact) mass is 285 g/mol. The van der Waals surface area contributed by atoms with E-state index in [4.69, 9.17) is 0 Å². The zero-order valence-electron chi connectivity index (χ0n) is 9.13. The van der Waals surface area contributed by atoms with E-state index < -0.39 is 5.41 Å². The Morgan fingerprint density at radius 1 is 1.38 bits per heavy atom. The average Bonchev–Trinajstić information content (AvgIpc) is 2.21. The second kappa shape index (κ2) is 5.25. The lowest BCUT2D eigenvalue weighted by atomic mass is 9.92. The standard InChI is InChI=1S/C12H13BrFNO/c1-12(2,7-8-14)11(16)15-10-5-3-9(13)4-6-10/h3-8H,1-2H3,(H,15,16)/b8-7-. The van der Waals surface area contributed by atoms with Crippen molar-refractivity contribution in [2.45, 2.75) is 13.8 Å². The van der Waals surface area contributed by atoms with Crippen LogP contribution in [0.4, 0.5) is 10.1 Å². The quantitative estimate of drug-likeness (QED) is 0.897. The number of halogens is 2. The zero-order chi connectivity index (χ0) is 12.2. The molecule has 0 spiro atoms. The summed E-state index contributed by atoms with van der Waals surface area (Å²) in [5.41, 5.74) is -0.171. The van der Waals surface area contributed by atoms with Crippen LogP contribution in [-0.4, -0.2) is 5.91 Å². The van der Waals surface area contributed by atoms with E-state index >= 15 is 0 Å². The van der Waals surface area contributed by atoms with E-state index in [0.29, 0.717) is 12.0 Å². The van der Waals surface area contributed by atoms with Crippen LogP contribution in [0.15, 0.2) is 41.1 Å². The van der Waals surface area contributed by atoms with E-state index in [1.54, 1.807) is 26.0 Å². The minimum atomic E-state index is -0.859. The molecule has 0 heterocycles. The van der Waals surface area contributed by atoms with Gasteiger partial charge < -0.3 is 5.32 Å². The summed E-state index contributed by atoms with van der Waals surface area (Å²) in [5.74, 6) is -0.247. The first-order valence-corrected chi connectivity index (χ1v) is 5.60. The Bertz CT molecular complexity index is 398. The third-order valence-corrected chi connectivity index (χ3v) is 2.70. The number of amides is 1. The van der Waals surface area contributed by atoms with E-state index in [9.17, 15) is 9.18 Å². The molecule has 0 radical (unpaired) electrons. The minimum Gasteiger partial charge on any atom is -0.325 e. The first-order chi connectivity index (χ1) is 7.45. The molecule has 0 saturated carbocycles. The van der Waals surface area contributed by atoms with Gasteiger partial charge in [0.25, 0.3) is 0 Å². The topological polar surface area (TPSA) is 29.1 Å². The first kappa shape index (κ1) is 12.9. The molecule has 0 bridgehead atoms. The molecule has 0 fully saturated rings. The van der Waals surface area contributed by atoms with Gasteiger partial charge in [-0.05, 0) is 44.2 Å². The van der Waals surface area contributed by atoms with Crippen LogP contribution in [0.5, 0.6) is 0 Å². The molecule has 0 aromatic heterocycles. The van der Waals surface area contributed by atoms with Crippen LogP contribution in [0.25, 0.3) is 0 Å². The van der Waals surface area contributed by atoms with Gasteiger partial charge in [-0.15, -0.1) is 0 Å². The molecule has 0 aliphatic carbocycles. The molecule has 1 aromatic carbocycles. The predicted molar refractivity (Wildman–Crippen MR) is 66.8 cm³/mol. The molecule has 4 heteroatoms. The number of hydrogen-bond donors (Lipinski definition) is 1. The predicted octanol–water partition coefficient (Wildman–Crippen LogP) is 3.90. The second-order valence-corrected chi connectivity index (χ2v) is 4.89. The molecule has 1 aromatic rings. The van der Waals surface area contributed by atoms with Gasteiger partial charge in [-0.1, -0.05) is 15.9 Å². The number of anilines is 1. The largest absolute Gasteiger partial charge is 0.325 e. The Balaban J connectivity index is 2.75. The number of nitrogens with one attached hydrogen (secondary N) is 1. The molecule has 0 aliphatic heterocycles. The smallest absolute Gasteiger partial charge is 0.233 e. The molecule has 16 heavy (non-hydrogen) atoms. The van der Waals surface area contributed by atoms with Crippen LogP contribution in [0.3, 0.4) is 0 Å². The van der Waals surface area contributed by atoms with Crippen molar-refractivity contribution in [3.05, 3.63) is 41.1 Å². The SMILES string of the molecule is CC(C)(/C=C\F)C(=O)Nc1ccc(Br)cc1. The van der Waals surface area contributed by atoms with Crippen molar-refractivity contribution in [1.29, 1.82) is 0 Å². The van der Waals surface area contributed by atoms with Gasteiger partial charge in [0.05, 0.1) is 11.7 Å². The van der Waals surface area contributed by atoms with E-state index in [-0.39, 0.29) is 5.91 Å². The Kier molecular flexibility index (Phi) is 4.24. The van der Waals surface area contributed by atoms with Gasteiger partial charge in [0.2, 0.25) is 5.91 Å². The van der Waals surface area contributed by atoms with Crippen LogP contribution in [0.2, 0.25) is 0 Å². The molecule has 0 atom stereocenters. The van der Waals surface area contributed by atoms with Gasteiger partial charge >= 0.3 is 0 Å². The van der Waals surface area contributed by atoms with Crippen molar-refractivity contribution >= 4 is 27.5 Å². The lowest BCUT2D eigenvalue weighted by Crippen LogP contribution is -2.28. The lowest BCUT2D eigenvalue weighted by Gasteiger charge is -2.18. The fourth-order valence-electron chi connectivity index (χ4n) is 1.06. The molecule has 0 saturated heterocycles. The van der Waals surface area contributed by atoms with Crippen LogP contribution in [-0.2, 0) is 4.79 Å². The second-order valence-electron chi connectivity index (χ2n) is 3.98. The first-order valence-electron chi connectivity index (χ1n) is 4.80. The Labute approximate surface area is 103 Å². The maximum Gasteiger partial charge on any atom is 0.233 e. The molecular formula is C12H13BrFNO. The molecular weight excluding hydrogens is 273 g/mol. The van der Waals surface area contributed by atoms with E-state index in [1.165, 1.54) is 6.08 Å². The Hall–Kier alpha value is -1.16. The van der Waals surface area contributed by atoms with Gasteiger partial charge in [-0.2, -0.15) is 0 Å². The maximum atomic E-state index is 12.1. The maximum absolute atomic E-state index is 12.1. The van der Waals surface area contributed by atoms with Crippen LogP contribution >= 0.6 is 15.9 Å². The molecule has 2 nitrogen and oxygen atoms in total. The van der Waals surface area contributed by atoms with Gasteiger partial charge in [-0.25, -0.2) is 4.39 Å². The van der Waals surface area contributed by atoms with E-state index in [0.717, 1.165) is 4.47 Å². The third kappa shape index (κ3) is 3.45. The highest BCUT2D eigenvalue weighted by atomic mass is 79.9. The summed E-state index contributed by atoms with van der Waals surface area (Å²) >= 11 is 3.30. The average molecular weight is 286 g/mol. The molecule has 1 N–H and O–H groups in total. The number of hydrogen-bond acceptors (Lipinski definition) is 1. The summed E-state index contributed by atoms with van der Waals surface area (Å²) in [6.07, 6.45) is 1.61. The van der Waals surface area contributed by atoms with Crippen molar-refractivity contribution in [2.75, 3.05) is 5.32 Å². The summed E-state index contributed by atoms with van der Waals surface area (Å²) in [7, 11) is 0. The molecule has 0 unspecified atom stereocenters. The molecule has 1 rings (SSSR count). The fraction of sp³-hybridized carbons (Fsp3) is 0.250. The lowest BCUT2D eigenvalue weighted by molar-refractivity contribution is -0.121. The number of carbonyl (C=O) groups excluding carboxylic acids is 1. The van der Waals surface area contributed by atoms with E-state index in [2.05, 4.69) is 21.2 Å². The van der Waals surface area contributed by atoms with Crippen LogP contribution in [0, 0.1) is 5.41 Å². The summed E-state index contributed by atoms with van der Waals surface area (Å²) in [5, 5.41) is 2.72. The fourth-order valence-corrected chi connectivity index (χ4v) is 1.32. The highest BCUT2D eigenvalue weighted by Crippen LogP contribution is 2.21. The van der Waals surface area contributed by atoms with Crippen molar-refractivity contribution < 1.29 is 9.18 Å². The summed E-state index contributed by atoms with van der Waals surface area (Å²) in [6, 6.07) is 7.20. The number of rotatable bonds is 3. The number of carbonyl (C=O) groups is 1.